The van der Waals surface area contributed by atoms with Gasteiger partial charge in [-0.15, -0.1) is 0 Å². The number of methoxy groups -OCH3 is 1. The first-order chi connectivity index (χ1) is 7.20. The Hall–Kier alpha value is -1.29. The van der Waals surface area contributed by atoms with Crippen LogP contribution in [0.3, 0.4) is 0 Å². The molecule has 0 N–H and O–H groups in total. The maximum Gasteiger partial charge on any atom is 0.167 e. The lowest BCUT2D eigenvalue weighted by atomic mass is 10.2. The van der Waals surface area contributed by atoms with E-state index in [2.05, 4.69) is 15.9 Å². The van der Waals surface area contributed by atoms with Crippen molar-refractivity contribution in [3.05, 3.63) is 28.4 Å². The molecular formula is C11H10BrNO2. The normalized spacial score (nSPS) is 10.6. The number of hydrogen-bond donors (Lipinski definition) is 0. The van der Waals surface area contributed by atoms with Gasteiger partial charge in [0.15, 0.2) is 6.29 Å². The minimum atomic E-state index is 0.620. The summed E-state index contributed by atoms with van der Waals surface area (Å²) >= 11 is 3.42. The lowest BCUT2D eigenvalue weighted by Crippen LogP contribution is -1.95. The molecule has 2 rings (SSSR count). The van der Waals surface area contributed by atoms with Crippen molar-refractivity contribution in [1.29, 1.82) is 0 Å². The second kappa shape index (κ2) is 3.70. The maximum absolute atomic E-state index is 10.9. The molecule has 1 aromatic carbocycles. The van der Waals surface area contributed by atoms with E-state index in [1.54, 1.807) is 7.11 Å². The van der Waals surface area contributed by atoms with E-state index < -0.39 is 0 Å². The van der Waals surface area contributed by atoms with Gasteiger partial charge < -0.3 is 9.30 Å². The average molecular weight is 268 g/mol. The van der Waals surface area contributed by atoms with Gasteiger partial charge in [-0.3, -0.25) is 4.79 Å². The first-order valence-electron chi connectivity index (χ1n) is 4.46. The molecule has 0 spiro atoms. The Bertz CT molecular complexity index is 531. The van der Waals surface area contributed by atoms with Crippen LogP contribution in [0.4, 0.5) is 0 Å². The number of nitrogens with zero attached hydrogens (tertiary/aromatic N) is 1. The van der Waals surface area contributed by atoms with Crippen LogP contribution >= 0.6 is 15.9 Å². The summed E-state index contributed by atoms with van der Waals surface area (Å²) in [5, 5.41) is 0.985. The Kier molecular flexibility index (Phi) is 2.52. The van der Waals surface area contributed by atoms with Gasteiger partial charge in [0.25, 0.3) is 0 Å². The minimum absolute atomic E-state index is 0.620. The third kappa shape index (κ3) is 1.36. The fourth-order valence-electron chi connectivity index (χ4n) is 1.75. The highest BCUT2D eigenvalue weighted by atomic mass is 79.9. The number of aromatic nitrogens is 1. The highest BCUT2D eigenvalue weighted by molar-refractivity contribution is 9.10. The summed E-state index contributed by atoms with van der Waals surface area (Å²) in [4.78, 5) is 10.9. The van der Waals surface area contributed by atoms with Crippen LogP contribution in [0.5, 0.6) is 5.75 Å². The smallest absolute Gasteiger partial charge is 0.167 e. The van der Waals surface area contributed by atoms with Gasteiger partial charge in [-0.05, 0) is 22.0 Å². The number of hydrogen-bond acceptors (Lipinski definition) is 2. The van der Waals surface area contributed by atoms with Crippen molar-refractivity contribution in [2.24, 2.45) is 7.05 Å². The number of carbonyl (C=O) groups excluding carboxylic acids is 1. The quantitative estimate of drug-likeness (QED) is 0.784. The molecule has 78 valence electrons. The van der Waals surface area contributed by atoms with Crippen LogP contribution in [0, 0.1) is 0 Å². The fourth-order valence-corrected chi connectivity index (χ4v) is 2.43. The monoisotopic (exact) mass is 267 g/mol. The topological polar surface area (TPSA) is 31.2 Å². The van der Waals surface area contributed by atoms with Gasteiger partial charge in [0, 0.05) is 12.4 Å². The van der Waals surface area contributed by atoms with E-state index in [1.807, 2.05) is 29.8 Å². The number of aldehydes is 1. The van der Waals surface area contributed by atoms with E-state index in [-0.39, 0.29) is 0 Å². The molecule has 0 saturated carbocycles. The summed E-state index contributed by atoms with van der Waals surface area (Å²) in [5.74, 6) is 0.767. The van der Waals surface area contributed by atoms with Gasteiger partial charge in [0.2, 0.25) is 0 Å². The van der Waals surface area contributed by atoms with Crippen molar-refractivity contribution in [3.8, 4) is 5.75 Å². The van der Waals surface area contributed by atoms with Gasteiger partial charge >= 0.3 is 0 Å². The van der Waals surface area contributed by atoms with E-state index in [1.165, 1.54) is 0 Å². The molecular weight excluding hydrogens is 258 g/mol. The Morgan fingerprint density at radius 2 is 2.20 bits per heavy atom. The molecule has 3 nitrogen and oxygen atoms in total. The highest BCUT2D eigenvalue weighted by Gasteiger charge is 2.15. The van der Waals surface area contributed by atoms with Crippen molar-refractivity contribution in [3.63, 3.8) is 0 Å². The minimum Gasteiger partial charge on any atom is -0.495 e. The van der Waals surface area contributed by atoms with Crippen LogP contribution in [0.25, 0.3) is 10.9 Å². The molecule has 0 amide bonds. The lowest BCUT2D eigenvalue weighted by molar-refractivity contribution is 0.111. The highest BCUT2D eigenvalue weighted by Crippen LogP contribution is 2.34. The number of para-hydroxylation sites is 1. The Morgan fingerprint density at radius 1 is 1.47 bits per heavy atom. The molecule has 4 heteroatoms. The fraction of sp³-hybridized carbons (Fsp3) is 0.182. The number of ether oxygens (including phenoxy) is 1. The summed E-state index contributed by atoms with van der Waals surface area (Å²) in [7, 11) is 3.47. The second-order valence-electron chi connectivity index (χ2n) is 3.23. The van der Waals surface area contributed by atoms with Gasteiger partial charge in [0.1, 0.15) is 5.75 Å². The Balaban J connectivity index is 2.94. The first-order valence-corrected chi connectivity index (χ1v) is 5.26. The molecule has 15 heavy (non-hydrogen) atoms. The molecule has 1 aromatic heterocycles. The molecule has 0 saturated heterocycles. The number of halogens is 1. The number of benzene rings is 1. The third-order valence-electron chi connectivity index (χ3n) is 2.49. The van der Waals surface area contributed by atoms with Crippen molar-refractivity contribution in [1.82, 2.24) is 4.57 Å². The van der Waals surface area contributed by atoms with Crippen LogP contribution in [-0.4, -0.2) is 18.0 Å². The average Bonchev–Trinajstić information content (AvgIpc) is 2.51. The van der Waals surface area contributed by atoms with Crippen molar-refractivity contribution in [2.45, 2.75) is 0 Å². The summed E-state index contributed by atoms with van der Waals surface area (Å²) in [5.41, 5.74) is 1.54. The van der Waals surface area contributed by atoms with Crippen molar-refractivity contribution < 1.29 is 9.53 Å². The standard InChI is InChI=1S/C11H10BrNO2/c1-13-8(6-14)10(12)7-4-3-5-9(15-2)11(7)13/h3-6H,1-2H3. The number of fused-ring (bicyclic) bond motifs is 1. The molecule has 0 unspecified atom stereocenters. The van der Waals surface area contributed by atoms with Gasteiger partial charge in [-0.1, -0.05) is 12.1 Å². The van der Waals surface area contributed by atoms with E-state index in [4.69, 9.17) is 4.74 Å². The predicted molar refractivity (Wildman–Crippen MR) is 62.6 cm³/mol. The van der Waals surface area contributed by atoms with Crippen LogP contribution in [0.15, 0.2) is 22.7 Å². The number of carbonyl (C=O) groups is 1. The van der Waals surface area contributed by atoms with Gasteiger partial charge in [-0.25, -0.2) is 0 Å². The summed E-state index contributed by atoms with van der Waals surface area (Å²) < 4.78 is 7.90. The molecule has 2 aromatic rings. The van der Waals surface area contributed by atoms with Gasteiger partial charge in [-0.2, -0.15) is 0 Å². The van der Waals surface area contributed by atoms with E-state index in [9.17, 15) is 4.79 Å². The van der Waals surface area contributed by atoms with Crippen LogP contribution in [0.1, 0.15) is 10.5 Å². The number of aryl methyl sites for hydroxylation is 1. The molecule has 0 aliphatic heterocycles. The predicted octanol–water partition coefficient (Wildman–Crippen LogP) is 2.76. The Labute approximate surface area is 95.8 Å². The summed E-state index contributed by atoms with van der Waals surface area (Å²) in [6.45, 7) is 0. The summed E-state index contributed by atoms with van der Waals surface area (Å²) in [6, 6.07) is 5.73. The zero-order valence-corrected chi connectivity index (χ0v) is 10.0. The van der Waals surface area contributed by atoms with Crippen LogP contribution in [-0.2, 0) is 7.05 Å². The second-order valence-corrected chi connectivity index (χ2v) is 4.03. The molecule has 0 fully saturated rings. The molecule has 0 atom stereocenters. The van der Waals surface area contributed by atoms with Crippen molar-refractivity contribution >= 4 is 33.1 Å². The molecule has 0 radical (unpaired) electrons. The zero-order chi connectivity index (χ0) is 11.0. The van der Waals surface area contributed by atoms with E-state index >= 15 is 0 Å². The molecule has 1 heterocycles. The molecule has 0 aliphatic carbocycles. The van der Waals surface area contributed by atoms with Crippen molar-refractivity contribution in [2.75, 3.05) is 7.11 Å². The largest absolute Gasteiger partial charge is 0.495 e. The number of rotatable bonds is 2. The molecule has 0 bridgehead atoms. The maximum atomic E-state index is 10.9. The first kappa shape index (κ1) is 10.2. The molecule has 0 aliphatic rings. The van der Waals surface area contributed by atoms with Crippen LogP contribution in [0.2, 0.25) is 0 Å². The lowest BCUT2D eigenvalue weighted by Gasteiger charge is -2.04. The third-order valence-corrected chi connectivity index (χ3v) is 3.32. The summed E-state index contributed by atoms with van der Waals surface area (Å²) in [6.07, 6.45) is 0.837. The van der Waals surface area contributed by atoms with Crippen LogP contribution < -0.4 is 4.74 Å². The van der Waals surface area contributed by atoms with E-state index in [0.717, 1.165) is 27.4 Å². The Morgan fingerprint density at radius 3 is 2.80 bits per heavy atom. The van der Waals surface area contributed by atoms with Gasteiger partial charge in [0.05, 0.1) is 22.8 Å². The SMILES string of the molecule is COc1cccc2c(Br)c(C=O)n(C)c12. The zero-order valence-electron chi connectivity index (χ0n) is 8.45. The van der Waals surface area contributed by atoms with E-state index in [0.29, 0.717) is 5.69 Å².